The molecule has 0 aromatic heterocycles. The third kappa shape index (κ3) is 3.59. The summed E-state index contributed by atoms with van der Waals surface area (Å²) in [6, 6.07) is 21.2. The molecule has 0 N–H and O–H groups in total. The van der Waals surface area contributed by atoms with Crippen LogP contribution in [-0.4, -0.2) is 0 Å². The van der Waals surface area contributed by atoms with Crippen LogP contribution in [0.25, 0.3) is 6.08 Å². The molecule has 18 heavy (non-hydrogen) atoms. The maximum absolute atomic E-state index is 2.29. The van der Waals surface area contributed by atoms with Crippen LogP contribution in [0.15, 0.2) is 66.2 Å². The topological polar surface area (TPSA) is 0 Å². The fraction of sp³-hybridized carbons (Fsp3) is 0.222. The van der Waals surface area contributed by atoms with Crippen molar-refractivity contribution in [1.82, 2.24) is 0 Å². The first kappa shape index (κ1) is 12.6. The fourth-order valence-corrected chi connectivity index (χ4v) is 2.08. The summed E-state index contributed by atoms with van der Waals surface area (Å²) >= 11 is 0. The van der Waals surface area contributed by atoms with Crippen LogP contribution in [0.4, 0.5) is 0 Å². The molecule has 0 saturated carbocycles. The summed E-state index contributed by atoms with van der Waals surface area (Å²) < 4.78 is 0. The zero-order chi connectivity index (χ0) is 12.8. The van der Waals surface area contributed by atoms with E-state index in [9.17, 15) is 0 Å². The van der Waals surface area contributed by atoms with Gasteiger partial charge in [0.15, 0.2) is 0 Å². The summed E-state index contributed by atoms with van der Waals surface area (Å²) in [6.07, 6.45) is 3.39. The normalized spacial score (nSPS) is 13.3. The van der Waals surface area contributed by atoms with Crippen molar-refractivity contribution in [3.8, 4) is 0 Å². The van der Waals surface area contributed by atoms with Crippen molar-refractivity contribution in [2.24, 2.45) is 5.92 Å². The van der Waals surface area contributed by atoms with Gasteiger partial charge in [-0.3, -0.25) is 0 Å². The van der Waals surface area contributed by atoms with Crippen LogP contribution in [0.2, 0.25) is 0 Å². The van der Waals surface area contributed by atoms with Crippen LogP contribution < -0.4 is 0 Å². The van der Waals surface area contributed by atoms with Gasteiger partial charge in [0.2, 0.25) is 0 Å². The molecule has 2 rings (SSSR count). The quantitative estimate of drug-likeness (QED) is 0.703. The van der Waals surface area contributed by atoms with Crippen LogP contribution in [0.3, 0.4) is 0 Å². The molecule has 92 valence electrons. The molecule has 0 spiro atoms. The van der Waals surface area contributed by atoms with Crippen molar-refractivity contribution < 1.29 is 0 Å². The van der Waals surface area contributed by atoms with Gasteiger partial charge in [0, 0.05) is 0 Å². The summed E-state index contributed by atoms with van der Waals surface area (Å²) in [6.45, 7) is 4.52. The van der Waals surface area contributed by atoms with Gasteiger partial charge in [-0.05, 0) is 30.4 Å². The zero-order valence-electron chi connectivity index (χ0n) is 11.1. The second kappa shape index (κ2) is 6.20. The molecule has 0 nitrogen and oxygen atoms in total. The molecule has 0 bridgehead atoms. The zero-order valence-corrected chi connectivity index (χ0v) is 11.1. The monoisotopic (exact) mass is 236 g/mol. The predicted octanol–water partition coefficient (Wildman–Crippen LogP) is 4.97. The first-order chi connectivity index (χ1) is 8.75. The highest BCUT2D eigenvalue weighted by molar-refractivity contribution is 5.52. The first-order valence-electron chi connectivity index (χ1n) is 6.53. The molecule has 0 fully saturated rings. The molecule has 0 heteroatoms. The maximum Gasteiger partial charge on any atom is -0.0191 e. The summed E-state index contributed by atoms with van der Waals surface area (Å²) in [5.74, 6) is 0.576. The Morgan fingerprint density at radius 3 is 2.11 bits per heavy atom. The second-order valence-electron chi connectivity index (χ2n) is 4.89. The van der Waals surface area contributed by atoms with Crippen molar-refractivity contribution in [2.75, 3.05) is 0 Å². The fourth-order valence-electron chi connectivity index (χ4n) is 2.08. The Bertz CT molecular complexity index is 494. The molecule has 2 aromatic rings. The second-order valence-corrected chi connectivity index (χ2v) is 4.89. The number of hydrogen-bond donors (Lipinski definition) is 0. The number of allylic oxidation sites excluding steroid dienone is 1. The average Bonchev–Trinajstić information content (AvgIpc) is 2.41. The highest BCUT2D eigenvalue weighted by Gasteiger charge is 2.05. The molecule has 2 aromatic carbocycles. The van der Waals surface area contributed by atoms with Crippen LogP contribution in [0.5, 0.6) is 0 Å². The summed E-state index contributed by atoms with van der Waals surface area (Å²) in [7, 11) is 0. The van der Waals surface area contributed by atoms with E-state index in [-0.39, 0.29) is 0 Å². The minimum absolute atomic E-state index is 0.576. The third-order valence-corrected chi connectivity index (χ3v) is 3.36. The van der Waals surface area contributed by atoms with E-state index >= 15 is 0 Å². The molecule has 0 aliphatic rings. The molecular weight excluding hydrogens is 216 g/mol. The number of benzene rings is 2. The number of hydrogen-bond acceptors (Lipinski definition) is 0. The van der Waals surface area contributed by atoms with Crippen molar-refractivity contribution in [3.05, 3.63) is 77.4 Å². The van der Waals surface area contributed by atoms with E-state index in [2.05, 4.69) is 80.6 Å². The Balaban J connectivity index is 2.05. The van der Waals surface area contributed by atoms with Crippen LogP contribution >= 0.6 is 0 Å². The molecule has 0 radical (unpaired) electrons. The Labute approximate surface area is 110 Å². The maximum atomic E-state index is 2.29. The molecule has 0 heterocycles. The van der Waals surface area contributed by atoms with E-state index in [1.807, 2.05) is 0 Å². The van der Waals surface area contributed by atoms with E-state index in [0.717, 1.165) is 6.42 Å². The summed E-state index contributed by atoms with van der Waals surface area (Å²) in [5, 5.41) is 0. The largest absolute Gasteiger partial charge is 0.0696 e. The van der Waals surface area contributed by atoms with Gasteiger partial charge in [0.05, 0.1) is 0 Å². The van der Waals surface area contributed by atoms with Gasteiger partial charge in [-0.2, -0.15) is 0 Å². The molecule has 1 atom stereocenters. The van der Waals surface area contributed by atoms with Crippen LogP contribution in [-0.2, 0) is 6.42 Å². The molecule has 0 saturated heterocycles. The third-order valence-electron chi connectivity index (χ3n) is 3.36. The molecule has 0 amide bonds. The molecular formula is C18H20. The smallest absolute Gasteiger partial charge is 0.0191 e. The van der Waals surface area contributed by atoms with Gasteiger partial charge < -0.3 is 0 Å². The van der Waals surface area contributed by atoms with Gasteiger partial charge in [-0.1, -0.05) is 79.2 Å². The van der Waals surface area contributed by atoms with E-state index in [1.54, 1.807) is 0 Å². The molecule has 1 unspecified atom stereocenters. The van der Waals surface area contributed by atoms with E-state index in [4.69, 9.17) is 0 Å². The van der Waals surface area contributed by atoms with Crippen LogP contribution in [0, 0.1) is 5.92 Å². The van der Waals surface area contributed by atoms with Crippen molar-refractivity contribution in [1.29, 1.82) is 0 Å². The van der Waals surface area contributed by atoms with Crippen molar-refractivity contribution in [3.63, 3.8) is 0 Å². The van der Waals surface area contributed by atoms with Crippen molar-refractivity contribution in [2.45, 2.75) is 20.3 Å². The Morgan fingerprint density at radius 1 is 0.944 bits per heavy atom. The average molecular weight is 236 g/mol. The van der Waals surface area contributed by atoms with Gasteiger partial charge in [-0.25, -0.2) is 0 Å². The summed E-state index contributed by atoms with van der Waals surface area (Å²) in [5.41, 5.74) is 4.13. The molecule has 0 aliphatic heterocycles. The van der Waals surface area contributed by atoms with E-state index in [0.29, 0.717) is 5.92 Å². The lowest BCUT2D eigenvalue weighted by atomic mass is 9.93. The lowest BCUT2D eigenvalue weighted by Gasteiger charge is -2.12. The summed E-state index contributed by atoms with van der Waals surface area (Å²) in [4.78, 5) is 0. The lowest BCUT2D eigenvalue weighted by molar-refractivity contribution is 0.682. The van der Waals surface area contributed by atoms with Crippen LogP contribution in [0.1, 0.15) is 25.0 Å². The minimum atomic E-state index is 0.576. The Morgan fingerprint density at radius 2 is 1.50 bits per heavy atom. The standard InChI is InChI=1S/C18H20/c1-15(13-17-9-5-3-6-10-17)16(2)14-18-11-7-4-8-12-18/h3-13,16H,14H2,1-2H3. The van der Waals surface area contributed by atoms with Gasteiger partial charge >= 0.3 is 0 Å². The SMILES string of the molecule is CC(=Cc1ccccc1)C(C)Cc1ccccc1. The lowest BCUT2D eigenvalue weighted by Crippen LogP contribution is -2.01. The van der Waals surface area contributed by atoms with Gasteiger partial charge in [0.25, 0.3) is 0 Å². The number of rotatable bonds is 4. The minimum Gasteiger partial charge on any atom is -0.0696 e. The van der Waals surface area contributed by atoms with Gasteiger partial charge in [-0.15, -0.1) is 0 Å². The highest BCUT2D eigenvalue weighted by Crippen LogP contribution is 2.18. The Kier molecular flexibility index (Phi) is 4.35. The van der Waals surface area contributed by atoms with E-state index in [1.165, 1.54) is 16.7 Å². The Hall–Kier alpha value is -1.82. The first-order valence-corrected chi connectivity index (χ1v) is 6.53. The predicted molar refractivity (Wildman–Crippen MR) is 79.4 cm³/mol. The van der Waals surface area contributed by atoms with Crippen molar-refractivity contribution >= 4 is 6.08 Å². The van der Waals surface area contributed by atoms with E-state index < -0.39 is 0 Å². The highest BCUT2D eigenvalue weighted by atomic mass is 14.1. The molecule has 0 aliphatic carbocycles. The van der Waals surface area contributed by atoms with Gasteiger partial charge in [0.1, 0.15) is 0 Å².